The van der Waals surface area contributed by atoms with Crippen LogP contribution in [0.25, 0.3) is 17.0 Å². The molecule has 0 unspecified atom stereocenters. The lowest BCUT2D eigenvalue weighted by atomic mass is 10.1. The number of amides is 1. The van der Waals surface area contributed by atoms with Gasteiger partial charge in [-0.1, -0.05) is 30.8 Å². The first-order valence-corrected chi connectivity index (χ1v) is 12.3. The van der Waals surface area contributed by atoms with Crippen molar-refractivity contribution in [3.8, 4) is 11.3 Å². The monoisotopic (exact) mass is 475 g/mol. The normalized spacial score (nSPS) is 13.6. The summed E-state index contributed by atoms with van der Waals surface area (Å²) < 4.78 is 0. The molecule has 1 fully saturated rings. The van der Waals surface area contributed by atoms with E-state index in [9.17, 15) is 4.79 Å². The molecule has 7 nitrogen and oxygen atoms in total. The predicted octanol–water partition coefficient (Wildman–Crippen LogP) is 4.11. The van der Waals surface area contributed by atoms with Gasteiger partial charge in [0, 0.05) is 66.9 Å². The fourth-order valence-electron chi connectivity index (χ4n) is 3.81. The Morgan fingerprint density at radius 3 is 2.35 bits per heavy atom. The summed E-state index contributed by atoms with van der Waals surface area (Å²) in [5, 5.41) is 12.3. The zero-order valence-electron chi connectivity index (χ0n) is 19.3. The predicted molar refractivity (Wildman–Crippen MR) is 138 cm³/mol. The average Bonchev–Trinajstić information content (AvgIpc) is 2.88. The van der Waals surface area contributed by atoms with Gasteiger partial charge in [-0.15, -0.1) is 11.8 Å². The molecule has 0 atom stereocenters. The van der Waals surface area contributed by atoms with E-state index in [1.807, 2.05) is 59.5 Å². The Kier molecular flexibility index (Phi) is 7.82. The minimum Gasteiger partial charge on any atom is -0.396 e. The third kappa shape index (κ3) is 5.95. The number of piperazine rings is 1. The zero-order valence-corrected chi connectivity index (χ0v) is 20.1. The molecule has 1 amide bonds. The molecular weight excluding hydrogens is 446 g/mol. The molecule has 0 saturated carbocycles. The molecule has 0 aliphatic carbocycles. The van der Waals surface area contributed by atoms with E-state index in [0.29, 0.717) is 11.7 Å². The van der Waals surface area contributed by atoms with Gasteiger partial charge < -0.3 is 20.2 Å². The molecule has 0 bridgehead atoms. The number of nitrogens with one attached hydrogen (secondary N) is 1. The molecule has 0 radical (unpaired) electrons. The highest BCUT2D eigenvalue weighted by Crippen LogP contribution is 2.25. The summed E-state index contributed by atoms with van der Waals surface area (Å²) >= 11 is 1.62. The van der Waals surface area contributed by atoms with E-state index < -0.39 is 0 Å². The molecule has 2 N–H and O–H groups in total. The van der Waals surface area contributed by atoms with Crippen molar-refractivity contribution in [1.29, 1.82) is 0 Å². The number of hydrogen-bond donors (Lipinski definition) is 2. The number of nitrogens with zero attached hydrogens (tertiary/aromatic N) is 4. The Morgan fingerprint density at radius 2 is 1.71 bits per heavy atom. The van der Waals surface area contributed by atoms with E-state index in [2.05, 4.69) is 26.8 Å². The topological polar surface area (TPSA) is 81.6 Å². The minimum absolute atomic E-state index is 0.126. The maximum atomic E-state index is 11.5. The first kappa shape index (κ1) is 23.8. The van der Waals surface area contributed by atoms with Crippen molar-refractivity contribution < 1.29 is 9.90 Å². The summed E-state index contributed by atoms with van der Waals surface area (Å²) in [6, 6.07) is 18.1. The minimum atomic E-state index is 0.126. The second-order valence-corrected chi connectivity index (χ2v) is 9.17. The molecule has 8 heteroatoms. The van der Waals surface area contributed by atoms with Crippen LogP contribution in [0.5, 0.6) is 0 Å². The molecule has 1 aliphatic rings. The van der Waals surface area contributed by atoms with E-state index in [1.165, 1.54) is 0 Å². The average molecular weight is 476 g/mol. The van der Waals surface area contributed by atoms with Crippen LogP contribution in [0.4, 0.5) is 11.6 Å². The van der Waals surface area contributed by atoms with E-state index in [-0.39, 0.29) is 12.5 Å². The van der Waals surface area contributed by atoms with Crippen molar-refractivity contribution in [3.63, 3.8) is 0 Å². The number of rotatable bonds is 8. The summed E-state index contributed by atoms with van der Waals surface area (Å²) in [7, 11) is 0. The molecule has 0 spiro atoms. The fourth-order valence-corrected chi connectivity index (χ4v) is 4.47. The Bertz CT molecular complexity index is 1130. The Labute approximate surface area is 204 Å². The third-order valence-electron chi connectivity index (χ3n) is 5.75. The number of aromatic nitrogens is 2. The smallest absolute Gasteiger partial charge is 0.227 e. The Balaban J connectivity index is 1.38. The van der Waals surface area contributed by atoms with Crippen LogP contribution in [0.3, 0.4) is 0 Å². The Hall–Kier alpha value is -3.36. The lowest BCUT2D eigenvalue weighted by molar-refractivity contribution is -0.130. The molecule has 34 heavy (non-hydrogen) atoms. The van der Waals surface area contributed by atoms with Crippen molar-refractivity contribution in [3.05, 3.63) is 72.9 Å². The summed E-state index contributed by atoms with van der Waals surface area (Å²) in [4.78, 5) is 25.8. The van der Waals surface area contributed by atoms with Gasteiger partial charge in [0.1, 0.15) is 0 Å². The highest BCUT2D eigenvalue weighted by Gasteiger charge is 2.20. The second-order valence-electron chi connectivity index (χ2n) is 8.00. The Morgan fingerprint density at radius 1 is 1.03 bits per heavy atom. The maximum Gasteiger partial charge on any atom is 0.227 e. The lowest BCUT2D eigenvalue weighted by Crippen LogP contribution is -2.47. The van der Waals surface area contributed by atoms with Gasteiger partial charge in [0.25, 0.3) is 0 Å². The first-order valence-electron chi connectivity index (χ1n) is 11.3. The van der Waals surface area contributed by atoms with Crippen molar-refractivity contribution in [2.45, 2.75) is 11.8 Å². The van der Waals surface area contributed by atoms with E-state index in [4.69, 9.17) is 5.11 Å². The van der Waals surface area contributed by atoms with E-state index in [1.54, 1.807) is 24.9 Å². The summed E-state index contributed by atoms with van der Waals surface area (Å²) in [6.07, 6.45) is 1.75. The number of carbonyl (C=O) groups is 1. The van der Waals surface area contributed by atoms with Crippen LogP contribution in [-0.4, -0.2) is 69.3 Å². The summed E-state index contributed by atoms with van der Waals surface area (Å²) in [6.45, 7) is 9.09. The van der Waals surface area contributed by atoms with Gasteiger partial charge in [-0.05, 0) is 35.9 Å². The van der Waals surface area contributed by atoms with Crippen LogP contribution < -0.4 is 5.32 Å². The molecule has 1 aliphatic heterocycles. The van der Waals surface area contributed by atoms with E-state index in [0.717, 1.165) is 59.3 Å². The first-order chi connectivity index (χ1) is 16.5. The summed E-state index contributed by atoms with van der Waals surface area (Å²) in [5.74, 6) is 1.34. The number of thioether (sulfide) groups is 1. The van der Waals surface area contributed by atoms with Crippen LogP contribution >= 0.6 is 11.8 Å². The maximum absolute atomic E-state index is 11.5. The van der Waals surface area contributed by atoms with Gasteiger partial charge in [-0.3, -0.25) is 4.79 Å². The second kappa shape index (κ2) is 11.2. The molecule has 4 rings (SSSR count). The molecule has 2 aromatic carbocycles. The lowest BCUT2D eigenvalue weighted by Gasteiger charge is -2.36. The van der Waals surface area contributed by atoms with Gasteiger partial charge in [-0.2, -0.15) is 0 Å². The molecule has 176 valence electrons. The largest absolute Gasteiger partial charge is 0.396 e. The van der Waals surface area contributed by atoms with Crippen molar-refractivity contribution in [2.24, 2.45) is 0 Å². The highest BCUT2D eigenvalue weighted by molar-refractivity contribution is 7.99. The third-order valence-corrected chi connectivity index (χ3v) is 6.74. The van der Waals surface area contributed by atoms with Crippen LogP contribution in [0.2, 0.25) is 0 Å². The van der Waals surface area contributed by atoms with Crippen LogP contribution in [0.15, 0.2) is 72.3 Å². The van der Waals surface area contributed by atoms with Gasteiger partial charge in [0.2, 0.25) is 11.9 Å². The van der Waals surface area contributed by atoms with Crippen LogP contribution in [0, 0.1) is 0 Å². The number of hydrogen-bond acceptors (Lipinski definition) is 7. The van der Waals surface area contributed by atoms with E-state index >= 15 is 0 Å². The van der Waals surface area contributed by atoms with Crippen molar-refractivity contribution in [1.82, 2.24) is 19.8 Å². The summed E-state index contributed by atoms with van der Waals surface area (Å²) in [5.41, 5.74) is 4.76. The fraction of sp³-hybridized carbons (Fsp3) is 0.269. The van der Waals surface area contributed by atoms with Crippen molar-refractivity contribution in [2.75, 3.05) is 43.9 Å². The number of carbonyl (C=O) groups excluding carboxylic acids is 1. The molecular formula is C26H29N5O2S. The number of aliphatic hydroxyl groups excluding tert-OH is 1. The van der Waals surface area contributed by atoms with Gasteiger partial charge in [0.05, 0.1) is 12.3 Å². The number of benzene rings is 2. The SMILES string of the molecule is C=C(c1ccc(Nc2nccc(-c3ccc(SCCO)cc3)n2)cc1)N1CCN(C(C)=O)CC1. The van der Waals surface area contributed by atoms with Crippen LogP contribution in [0.1, 0.15) is 12.5 Å². The highest BCUT2D eigenvalue weighted by atomic mass is 32.2. The molecule has 1 aromatic heterocycles. The van der Waals surface area contributed by atoms with Crippen molar-refractivity contribution >= 4 is 35.0 Å². The number of anilines is 2. The zero-order chi connectivity index (χ0) is 23.9. The quantitative estimate of drug-likeness (QED) is 0.475. The van der Waals surface area contributed by atoms with Gasteiger partial charge in [-0.25, -0.2) is 9.97 Å². The van der Waals surface area contributed by atoms with Crippen LogP contribution in [-0.2, 0) is 4.79 Å². The molecule has 3 aromatic rings. The number of aliphatic hydroxyl groups is 1. The molecule has 2 heterocycles. The molecule has 1 saturated heterocycles. The van der Waals surface area contributed by atoms with Gasteiger partial charge in [0.15, 0.2) is 0 Å². The van der Waals surface area contributed by atoms with Gasteiger partial charge >= 0.3 is 0 Å². The standard InChI is InChI=1S/C26H29N5O2S/c1-19(30-13-15-31(16-14-30)20(2)33)21-3-7-23(8-4-21)28-26-27-12-11-25(29-26)22-5-9-24(10-6-22)34-18-17-32/h3-12,32H,1,13-18H2,2H3,(H,27,28,29).